The Morgan fingerprint density at radius 3 is 3.00 bits per heavy atom. The number of anilines is 1. The molecule has 0 radical (unpaired) electrons. The number of nitrogens with two attached hydrogens (primary N) is 1. The van der Waals surface area contributed by atoms with Crippen LogP contribution in [0.2, 0.25) is 0 Å². The molecule has 1 aliphatic heterocycles. The van der Waals surface area contributed by atoms with Gasteiger partial charge in [-0.25, -0.2) is 9.67 Å². The molecule has 3 N–H and O–H groups in total. The number of fused-ring (bicyclic) bond motifs is 1. The summed E-state index contributed by atoms with van der Waals surface area (Å²) in [5.41, 5.74) is 8.22. The number of H-pyrrole nitrogens is 1. The second-order valence-corrected chi connectivity index (χ2v) is 5.88. The summed E-state index contributed by atoms with van der Waals surface area (Å²) in [6.45, 7) is -2.17. The highest BCUT2D eigenvalue weighted by Crippen LogP contribution is 2.29. The number of alkyl halides is 2. The minimum atomic E-state index is -2.87. The number of aromatic amines is 1. The molecule has 4 rings (SSSR count). The van der Waals surface area contributed by atoms with Crippen LogP contribution in [0, 0.1) is 0 Å². The maximum absolute atomic E-state index is 12.3. The van der Waals surface area contributed by atoms with Crippen molar-refractivity contribution in [2.45, 2.75) is 32.1 Å². The third-order valence-corrected chi connectivity index (χ3v) is 4.11. The first-order valence-corrected chi connectivity index (χ1v) is 8.01. The van der Waals surface area contributed by atoms with Crippen LogP contribution in [0.4, 0.5) is 14.5 Å². The molecule has 132 valence electrons. The van der Waals surface area contributed by atoms with Gasteiger partial charge in [0.05, 0.1) is 22.9 Å². The molecule has 0 bridgehead atoms. The maximum atomic E-state index is 12.3. The van der Waals surface area contributed by atoms with Crippen LogP contribution in [0.25, 0.3) is 22.6 Å². The molecule has 0 aliphatic carbocycles. The Labute approximate surface area is 141 Å². The number of aromatic nitrogens is 4. The molecule has 1 unspecified atom stereocenters. The number of nitrogens with one attached hydrogen (secondary N) is 1. The Balaban J connectivity index is 1.66. The van der Waals surface area contributed by atoms with Gasteiger partial charge in [-0.3, -0.25) is 0 Å². The molecule has 1 fully saturated rings. The predicted octanol–water partition coefficient (Wildman–Crippen LogP) is 3.31. The van der Waals surface area contributed by atoms with Gasteiger partial charge < -0.3 is 20.2 Å². The Kier molecular flexibility index (Phi) is 4.00. The first-order valence-electron chi connectivity index (χ1n) is 8.01. The average Bonchev–Trinajstić information content (AvgIpc) is 3.18. The van der Waals surface area contributed by atoms with Crippen molar-refractivity contribution in [1.29, 1.82) is 0 Å². The van der Waals surface area contributed by atoms with Crippen molar-refractivity contribution in [3.63, 3.8) is 0 Å². The van der Waals surface area contributed by atoms with Crippen LogP contribution in [-0.4, -0.2) is 33.0 Å². The number of hydrogen-bond acceptors (Lipinski definition) is 5. The summed E-state index contributed by atoms with van der Waals surface area (Å²) in [6, 6.07) is 4.51. The Hall–Kier alpha value is -2.68. The molecule has 0 amide bonds. The highest BCUT2D eigenvalue weighted by atomic mass is 19.3. The maximum Gasteiger partial charge on any atom is 0.387 e. The minimum Gasteiger partial charge on any atom is -0.435 e. The van der Waals surface area contributed by atoms with Crippen LogP contribution in [-0.2, 0) is 4.74 Å². The first-order chi connectivity index (χ1) is 12.1. The van der Waals surface area contributed by atoms with E-state index < -0.39 is 6.61 Å². The third-order valence-electron chi connectivity index (χ3n) is 4.11. The normalized spacial score (nSPS) is 18.1. The van der Waals surface area contributed by atoms with Gasteiger partial charge in [0, 0.05) is 12.7 Å². The molecule has 3 heterocycles. The van der Waals surface area contributed by atoms with E-state index in [1.165, 1.54) is 12.1 Å². The number of ether oxygens (including phenoxy) is 2. The highest BCUT2D eigenvalue weighted by molar-refractivity contribution is 5.82. The molecule has 9 heteroatoms. The van der Waals surface area contributed by atoms with Gasteiger partial charge in [0.15, 0.2) is 11.5 Å². The van der Waals surface area contributed by atoms with Gasteiger partial charge in [0.25, 0.3) is 0 Å². The molecule has 1 saturated heterocycles. The lowest BCUT2D eigenvalue weighted by molar-refractivity contribution is -0.0497. The van der Waals surface area contributed by atoms with Crippen LogP contribution in [0.5, 0.6) is 5.75 Å². The SMILES string of the molecule is Nc1cn(C2CCCCO2)nc1-c1nc2ccc(OC(F)F)cc2[nH]1. The summed E-state index contributed by atoms with van der Waals surface area (Å²) in [5.74, 6) is 0.531. The van der Waals surface area contributed by atoms with Gasteiger partial charge in [-0.2, -0.15) is 13.9 Å². The lowest BCUT2D eigenvalue weighted by atomic mass is 10.2. The van der Waals surface area contributed by atoms with Crippen molar-refractivity contribution in [3.8, 4) is 17.3 Å². The molecule has 0 saturated carbocycles. The monoisotopic (exact) mass is 349 g/mol. The van der Waals surface area contributed by atoms with E-state index in [1.807, 2.05) is 0 Å². The number of imidazole rings is 1. The van der Waals surface area contributed by atoms with Crippen molar-refractivity contribution >= 4 is 16.7 Å². The highest BCUT2D eigenvalue weighted by Gasteiger charge is 2.20. The largest absolute Gasteiger partial charge is 0.435 e. The Morgan fingerprint density at radius 1 is 1.36 bits per heavy atom. The lowest BCUT2D eigenvalue weighted by Crippen LogP contribution is -2.18. The van der Waals surface area contributed by atoms with E-state index in [0.717, 1.165) is 19.3 Å². The van der Waals surface area contributed by atoms with Gasteiger partial charge in [0.1, 0.15) is 12.0 Å². The molecule has 3 aromatic rings. The van der Waals surface area contributed by atoms with Crippen molar-refractivity contribution in [2.75, 3.05) is 12.3 Å². The van der Waals surface area contributed by atoms with Gasteiger partial charge in [-0.05, 0) is 31.4 Å². The lowest BCUT2D eigenvalue weighted by Gasteiger charge is -2.22. The molecular formula is C16H17F2N5O2. The molecule has 25 heavy (non-hydrogen) atoms. The topological polar surface area (TPSA) is 91.0 Å². The van der Waals surface area contributed by atoms with Gasteiger partial charge in [-0.1, -0.05) is 0 Å². The van der Waals surface area contributed by atoms with E-state index in [9.17, 15) is 8.78 Å². The van der Waals surface area contributed by atoms with Gasteiger partial charge in [-0.15, -0.1) is 0 Å². The molecule has 1 aliphatic rings. The molecular weight excluding hydrogens is 332 g/mol. The van der Waals surface area contributed by atoms with Crippen molar-refractivity contribution < 1.29 is 18.3 Å². The number of nitrogens with zero attached hydrogens (tertiary/aromatic N) is 3. The summed E-state index contributed by atoms with van der Waals surface area (Å²) in [7, 11) is 0. The Bertz CT molecular complexity index is 886. The number of rotatable bonds is 4. The zero-order valence-electron chi connectivity index (χ0n) is 13.3. The van der Waals surface area contributed by atoms with E-state index in [0.29, 0.717) is 34.8 Å². The third kappa shape index (κ3) is 3.14. The Morgan fingerprint density at radius 2 is 2.24 bits per heavy atom. The smallest absolute Gasteiger partial charge is 0.387 e. The second-order valence-electron chi connectivity index (χ2n) is 5.88. The van der Waals surface area contributed by atoms with Crippen molar-refractivity contribution in [2.24, 2.45) is 0 Å². The van der Waals surface area contributed by atoms with Gasteiger partial charge in [0.2, 0.25) is 0 Å². The predicted molar refractivity (Wildman–Crippen MR) is 87.2 cm³/mol. The fourth-order valence-corrected chi connectivity index (χ4v) is 2.95. The number of hydrogen-bond donors (Lipinski definition) is 2. The minimum absolute atomic E-state index is 0.0619. The zero-order chi connectivity index (χ0) is 17.4. The van der Waals surface area contributed by atoms with Crippen molar-refractivity contribution in [3.05, 3.63) is 24.4 Å². The van der Waals surface area contributed by atoms with Gasteiger partial charge >= 0.3 is 6.61 Å². The number of nitrogen functional groups attached to an aromatic ring is 1. The van der Waals surface area contributed by atoms with Crippen LogP contribution < -0.4 is 10.5 Å². The standard InChI is InChI=1S/C16H17F2N5O2/c17-16(18)25-9-4-5-11-12(7-9)21-15(20-11)14-10(19)8-23(22-14)13-3-1-2-6-24-13/h4-5,7-8,13,16H,1-3,6,19H2,(H,20,21). The number of benzene rings is 1. The van der Waals surface area contributed by atoms with Crippen LogP contribution in [0.1, 0.15) is 25.5 Å². The molecule has 2 aromatic heterocycles. The van der Waals surface area contributed by atoms with E-state index in [2.05, 4.69) is 19.8 Å². The summed E-state index contributed by atoms with van der Waals surface area (Å²) in [4.78, 5) is 7.48. The summed E-state index contributed by atoms with van der Waals surface area (Å²) >= 11 is 0. The average molecular weight is 349 g/mol. The zero-order valence-corrected chi connectivity index (χ0v) is 13.3. The van der Waals surface area contributed by atoms with E-state index in [4.69, 9.17) is 10.5 Å². The second kappa shape index (κ2) is 6.32. The summed E-state index contributed by atoms with van der Waals surface area (Å²) < 4.78 is 36.5. The van der Waals surface area contributed by atoms with Crippen LogP contribution in [0.3, 0.4) is 0 Å². The van der Waals surface area contributed by atoms with E-state index in [1.54, 1.807) is 16.9 Å². The molecule has 1 aromatic carbocycles. The molecule has 1 atom stereocenters. The van der Waals surface area contributed by atoms with E-state index in [-0.39, 0.29) is 12.0 Å². The summed E-state index contributed by atoms with van der Waals surface area (Å²) in [6.07, 6.45) is 4.61. The van der Waals surface area contributed by atoms with Crippen molar-refractivity contribution in [1.82, 2.24) is 19.7 Å². The molecule has 7 nitrogen and oxygen atoms in total. The molecule has 0 spiro atoms. The van der Waals surface area contributed by atoms with E-state index >= 15 is 0 Å². The number of halogens is 2. The first kappa shape index (κ1) is 15.8. The van der Waals surface area contributed by atoms with Crippen LogP contribution >= 0.6 is 0 Å². The fraction of sp³-hybridized carbons (Fsp3) is 0.375. The fourth-order valence-electron chi connectivity index (χ4n) is 2.95. The van der Waals surface area contributed by atoms with Crippen LogP contribution in [0.15, 0.2) is 24.4 Å². The summed E-state index contributed by atoms with van der Waals surface area (Å²) in [5, 5.41) is 4.49. The quantitative estimate of drug-likeness (QED) is 0.754.